The fourth-order valence-electron chi connectivity index (χ4n) is 1.96. The third-order valence-corrected chi connectivity index (χ3v) is 3.69. The zero-order chi connectivity index (χ0) is 12.1. The minimum atomic E-state index is 0.0212. The molecule has 0 saturated heterocycles. The first-order valence-corrected chi connectivity index (χ1v) is 7.05. The second-order valence-corrected chi connectivity index (χ2v) is 5.54. The number of halogens is 1. The van der Waals surface area contributed by atoms with Crippen molar-refractivity contribution in [3.63, 3.8) is 0 Å². The third-order valence-electron chi connectivity index (χ3n) is 2.97. The molecule has 1 aromatic rings. The summed E-state index contributed by atoms with van der Waals surface area (Å²) < 4.78 is 1.15. The average molecular weight is 341 g/mol. The molecule has 1 aliphatic rings. The van der Waals surface area contributed by atoms with Crippen molar-refractivity contribution in [1.82, 2.24) is 5.32 Å². The Labute approximate surface area is 116 Å². The number of hydrogen-bond donors (Lipinski definition) is 1. The predicted octanol–water partition coefficient (Wildman–Crippen LogP) is 3.52. The van der Waals surface area contributed by atoms with Gasteiger partial charge in [0.1, 0.15) is 0 Å². The number of nitrogens with one attached hydrogen (secondary N) is 1. The lowest BCUT2D eigenvalue weighted by Gasteiger charge is -2.13. The van der Waals surface area contributed by atoms with Crippen molar-refractivity contribution in [3.8, 4) is 0 Å². The molecule has 0 heterocycles. The molecule has 3 heteroatoms. The number of allylic oxidation sites excluding steroid dienone is 1. The Balaban J connectivity index is 1.88. The summed E-state index contributed by atoms with van der Waals surface area (Å²) >= 11 is 2.24. The fourth-order valence-corrected chi connectivity index (χ4v) is 2.32. The van der Waals surface area contributed by atoms with Crippen LogP contribution >= 0.6 is 22.6 Å². The second-order valence-electron chi connectivity index (χ2n) is 4.30. The van der Waals surface area contributed by atoms with Gasteiger partial charge in [-0.05, 0) is 72.5 Å². The minimum absolute atomic E-state index is 0.0212. The summed E-state index contributed by atoms with van der Waals surface area (Å²) in [5, 5.41) is 2.98. The van der Waals surface area contributed by atoms with Crippen LogP contribution in [0.3, 0.4) is 0 Å². The quantitative estimate of drug-likeness (QED) is 0.662. The maximum atomic E-state index is 11.9. The molecular weight excluding hydrogens is 325 g/mol. The number of carbonyl (C=O) groups excluding carboxylic acids is 1. The minimum Gasteiger partial charge on any atom is -0.348 e. The van der Waals surface area contributed by atoms with Crippen LogP contribution in [0.4, 0.5) is 0 Å². The molecule has 2 rings (SSSR count). The topological polar surface area (TPSA) is 29.1 Å². The summed E-state index contributed by atoms with van der Waals surface area (Å²) in [6, 6.07) is 7.64. The smallest absolute Gasteiger partial charge is 0.251 e. The molecule has 0 atom stereocenters. The van der Waals surface area contributed by atoms with E-state index in [1.165, 1.54) is 18.4 Å². The molecule has 0 spiro atoms. The van der Waals surface area contributed by atoms with Crippen LogP contribution < -0.4 is 5.32 Å². The molecule has 0 saturated carbocycles. The van der Waals surface area contributed by atoms with Gasteiger partial charge in [-0.1, -0.05) is 11.6 Å². The molecule has 0 fully saturated rings. The molecule has 1 N–H and O–H groups in total. The largest absolute Gasteiger partial charge is 0.348 e. The Bertz CT molecular complexity index is 422. The molecular formula is C14H16INO. The van der Waals surface area contributed by atoms with Crippen molar-refractivity contribution in [3.05, 3.63) is 45.0 Å². The monoisotopic (exact) mass is 341 g/mol. The summed E-state index contributed by atoms with van der Waals surface area (Å²) in [6.07, 6.45) is 7.10. The Kier molecular flexibility index (Phi) is 4.59. The number of hydrogen-bond acceptors (Lipinski definition) is 1. The molecule has 0 aromatic heterocycles. The van der Waals surface area contributed by atoms with Gasteiger partial charge < -0.3 is 5.32 Å². The van der Waals surface area contributed by atoms with E-state index in [2.05, 4.69) is 34.0 Å². The van der Waals surface area contributed by atoms with E-state index in [1.54, 1.807) is 0 Å². The van der Waals surface area contributed by atoms with Crippen LogP contribution in [0.15, 0.2) is 35.9 Å². The highest BCUT2D eigenvalue weighted by molar-refractivity contribution is 14.1. The first-order chi connectivity index (χ1) is 8.25. The van der Waals surface area contributed by atoms with Crippen molar-refractivity contribution >= 4 is 28.5 Å². The summed E-state index contributed by atoms with van der Waals surface area (Å²) in [6.45, 7) is 0.699. The van der Waals surface area contributed by atoms with E-state index in [-0.39, 0.29) is 5.91 Å². The van der Waals surface area contributed by atoms with Gasteiger partial charge in [-0.3, -0.25) is 4.79 Å². The van der Waals surface area contributed by atoms with Crippen molar-refractivity contribution in [2.45, 2.75) is 25.7 Å². The lowest BCUT2D eigenvalue weighted by molar-refractivity contribution is 0.0956. The van der Waals surface area contributed by atoms with Crippen molar-refractivity contribution in [2.75, 3.05) is 6.54 Å². The molecule has 17 heavy (non-hydrogen) atoms. The van der Waals surface area contributed by atoms with E-state index in [1.807, 2.05) is 24.3 Å². The van der Waals surface area contributed by atoms with E-state index in [0.717, 1.165) is 22.0 Å². The van der Waals surface area contributed by atoms with Gasteiger partial charge in [0.05, 0.1) is 0 Å². The van der Waals surface area contributed by atoms with Gasteiger partial charge in [0.25, 0.3) is 5.91 Å². The Morgan fingerprint density at radius 3 is 2.65 bits per heavy atom. The average Bonchev–Trinajstić information content (AvgIpc) is 2.38. The highest BCUT2D eigenvalue weighted by Crippen LogP contribution is 2.16. The Hall–Kier alpha value is -0.840. The zero-order valence-electron chi connectivity index (χ0n) is 9.71. The van der Waals surface area contributed by atoms with Crippen LogP contribution in [0.25, 0.3) is 0 Å². The second kappa shape index (κ2) is 6.19. The van der Waals surface area contributed by atoms with Gasteiger partial charge in [-0.2, -0.15) is 0 Å². The number of rotatable bonds is 3. The zero-order valence-corrected chi connectivity index (χ0v) is 11.9. The molecule has 1 aliphatic carbocycles. The molecule has 90 valence electrons. The molecule has 2 nitrogen and oxygen atoms in total. The molecule has 0 unspecified atom stereocenters. The summed E-state index contributed by atoms with van der Waals surface area (Å²) in [4.78, 5) is 11.9. The van der Waals surface area contributed by atoms with Crippen molar-refractivity contribution in [1.29, 1.82) is 0 Å². The third kappa shape index (κ3) is 3.84. The first-order valence-electron chi connectivity index (χ1n) is 5.97. The lowest BCUT2D eigenvalue weighted by atomic mass is 9.99. The van der Waals surface area contributed by atoms with Crippen LogP contribution in [0.2, 0.25) is 0 Å². The van der Waals surface area contributed by atoms with E-state index >= 15 is 0 Å². The van der Waals surface area contributed by atoms with Gasteiger partial charge in [-0.15, -0.1) is 0 Å². The van der Waals surface area contributed by atoms with Crippen LogP contribution in [-0.2, 0) is 0 Å². The summed E-state index contributed by atoms with van der Waals surface area (Å²) in [5.41, 5.74) is 2.11. The predicted molar refractivity (Wildman–Crippen MR) is 78.0 cm³/mol. The Morgan fingerprint density at radius 2 is 2.00 bits per heavy atom. The van der Waals surface area contributed by atoms with Crippen LogP contribution in [0.1, 0.15) is 36.0 Å². The van der Waals surface area contributed by atoms with E-state index in [4.69, 9.17) is 0 Å². The number of amides is 1. The maximum Gasteiger partial charge on any atom is 0.251 e. The normalized spacial score (nSPS) is 15.2. The highest BCUT2D eigenvalue weighted by Gasteiger charge is 2.07. The van der Waals surface area contributed by atoms with Crippen LogP contribution in [0.5, 0.6) is 0 Å². The van der Waals surface area contributed by atoms with E-state index in [0.29, 0.717) is 6.54 Å². The van der Waals surface area contributed by atoms with Crippen molar-refractivity contribution < 1.29 is 4.79 Å². The number of benzene rings is 1. The molecule has 0 radical (unpaired) electrons. The maximum absolute atomic E-state index is 11.9. The first kappa shape index (κ1) is 12.6. The molecule has 1 aromatic carbocycles. The molecule has 0 bridgehead atoms. The molecule has 1 amide bonds. The summed E-state index contributed by atoms with van der Waals surface area (Å²) in [7, 11) is 0. The van der Waals surface area contributed by atoms with E-state index < -0.39 is 0 Å². The van der Waals surface area contributed by atoms with Crippen LogP contribution in [-0.4, -0.2) is 12.5 Å². The number of carbonyl (C=O) groups is 1. The Morgan fingerprint density at radius 1 is 1.24 bits per heavy atom. The summed E-state index contributed by atoms with van der Waals surface area (Å²) in [5.74, 6) is 0.0212. The van der Waals surface area contributed by atoms with Gasteiger partial charge in [0.15, 0.2) is 0 Å². The van der Waals surface area contributed by atoms with Crippen molar-refractivity contribution in [2.24, 2.45) is 0 Å². The van der Waals surface area contributed by atoms with Gasteiger partial charge in [0, 0.05) is 15.7 Å². The SMILES string of the molecule is O=C(NCC1=CCCCC1)c1ccc(I)cc1. The standard InChI is InChI=1S/C14H16INO/c15-13-8-6-12(7-9-13)14(17)16-10-11-4-2-1-3-5-11/h4,6-9H,1-3,5,10H2,(H,16,17). The fraction of sp³-hybridized carbons (Fsp3) is 0.357. The van der Waals surface area contributed by atoms with Gasteiger partial charge in [-0.25, -0.2) is 0 Å². The van der Waals surface area contributed by atoms with E-state index in [9.17, 15) is 4.79 Å². The van der Waals surface area contributed by atoms with Gasteiger partial charge in [0.2, 0.25) is 0 Å². The lowest BCUT2D eigenvalue weighted by Crippen LogP contribution is -2.26. The van der Waals surface area contributed by atoms with Gasteiger partial charge >= 0.3 is 0 Å². The highest BCUT2D eigenvalue weighted by atomic mass is 127. The molecule has 0 aliphatic heterocycles. The van der Waals surface area contributed by atoms with Crippen LogP contribution in [0, 0.1) is 3.57 Å².